The third-order valence-corrected chi connectivity index (χ3v) is 3.50. The first-order valence-corrected chi connectivity index (χ1v) is 6.78. The van der Waals surface area contributed by atoms with Crippen LogP contribution in [0.3, 0.4) is 0 Å². The molecular formula is C17H20FNO. The van der Waals surface area contributed by atoms with Crippen LogP contribution in [0.4, 0.5) is 4.39 Å². The van der Waals surface area contributed by atoms with Crippen LogP contribution in [0.5, 0.6) is 5.75 Å². The lowest BCUT2D eigenvalue weighted by Crippen LogP contribution is -2.22. The second-order valence-electron chi connectivity index (χ2n) is 5.23. The van der Waals surface area contributed by atoms with Gasteiger partial charge in [-0.3, -0.25) is 0 Å². The number of aryl methyl sites for hydroxylation is 1. The Morgan fingerprint density at radius 2 is 1.80 bits per heavy atom. The lowest BCUT2D eigenvalue weighted by molar-refractivity contribution is 0.437. The van der Waals surface area contributed by atoms with E-state index in [0.29, 0.717) is 0 Å². The standard InChI is InChI=1S/C17H20FNO/c1-11-7-8-17(20)16(9-11)13(3)19-12(2)14-5-4-6-15(18)10-14/h4-10,12-13,19-20H,1-3H3/t12-,13?/m1/s1. The minimum absolute atomic E-state index is 0.000567. The summed E-state index contributed by atoms with van der Waals surface area (Å²) < 4.78 is 13.2. The summed E-state index contributed by atoms with van der Waals surface area (Å²) in [6.45, 7) is 5.97. The lowest BCUT2D eigenvalue weighted by Gasteiger charge is -2.22. The molecule has 0 aliphatic rings. The molecule has 0 aromatic heterocycles. The summed E-state index contributed by atoms with van der Waals surface area (Å²) in [6, 6.07) is 12.1. The van der Waals surface area contributed by atoms with Gasteiger partial charge in [0.25, 0.3) is 0 Å². The van der Waals surface area contributed by atoms with E-state index in [1.807, 2.05) is 39.0 Å². The summed E-state index contributed by atoms with van der Waals surface area (Å²) in [5, 5.41) is 13.3. The summed E-state index contributed by atoms with van der Waals surface area (Å²) >= 11 is 0. The number of halogens is 1. The average molecular weight is 273 g/mol. The summed E-state index contributed by atoms with van der Waals surface area (Å²) in [7, 11) is 0. The zero-order chi connectivity index (χ0) is 14.7. The third kappa shape index (κ3) is 3.36. The highest BCUT2D eigenvalue weighted by molar-refractivity contribution is 5.38. The molecule has 2 atom stereocenters. The number of aromatic hydroxyl groups is 1. The summed E-state index contributed by atoms with van der Waals surface area (Å²) in [6.07, 6.45) is 0. The Balaban J connectivity index is 2.15. The molecule has 2 aromatic carbocycles. The number of hydrogen-bond acceptors (Lipinski definition) is 2. The van der Waals surface area contributed by atoms with Crippen molar-refractivity contribution in [3.8, 4) is 5.75 Å². The van der Waals surface area contributed by atoms with Crippen molar-refractivity contribution in [2.45, 2.75) is 32.9 Å². The lowest BCUT2D eigenvalue weighted by atomic mass is 10.0. The Morgan fingerprint density at radius 1 is 1.05 bits per heavy atom. The smallest absolute Gasteiger partial charge is 0.123 e. The van der Waals surface area contributed by atoms with Crippen molar-refractivity contribution < 1.29 is 9.50 Å². The Kier molecular flexibility index (Phi) is 4.40. The van der Waals surface area contributed by atoms with Gasteiger partial charge in [-0.25, -0.2) is 4.39 Å². The zero-order valence-electron chi connectivity index (χ0n) is 12.0. The molecule has 0 spiro atoms. The van der Waals surface area contributed by atoms with Gasteiger partial charge in [-0.15, -0.1) is 0 Å². The van der Waals surface area contributed by atoms with Gasteiger partial charge in [0.05, 0.1) is 0 Å². The normalized spacial score (nSPS) is 14.0. The molecule has 0 heterocycles. The Labute approximate surface area is 119 Å². The quantitative estimate of drug-likeness (QED) is 0.872. The maximum absolute atomic E-state index is 13.2. The molecule has 2 rings (SSSR count). The second kappa shape index (κ2) is 6.06. The molecule has 0 saturated heterocycles. The molecule has 0 amide bonds. The maximum Gasteiger partial charge on any atom is 0.123 e. The molecule has 0 fully saturated rings. The third-order valence-electron chi connectivity index (χ3n) is 3.50. The van der Waals surface area contributed by atoms with Crippen molar-refractivity contribution in [1.29, 1.82) is 0 Å². The molecule has 0 bridgehead atoms. The fourth-order valence-electron chi connectivity index (χ4n) is 2.36. The van der Waals surface area contributed by atoms with Crippen LogP contribution < -0.4 is 5.32 Å². The minimum atomic E-state index is -0.234. The van der Waals surface area contributed by atoms with Gasteiger partial charge in [0, 0.05) is 17.6 Å². The summed E-state index contributed by atoms with van der Waals surface area (Å²) in [5.74, 6) is 0.0456. The molecule has 106 valence electrons. The van der Waals surface area contributed by atoms with Gasteiger partial charge in [-0.05, 0) is 44.5 Å². The van der Waals surface area contributed by atoms with Crippen molar-refractivity contribution in [3.05, 3.63) is 65.0 Å². The average Bonchev–Trinajstić information content (AvgIpc) is 2.41. The molecule has 0 saturated carbocycles. The van der Waals surface area contributed by atoms with Gasteiger partial charge >= 0.3 is 0 Å². The van der Waals surface area contributed by atoms with Gasteiger partial charge in [0.2, 0.25) is 0 Å². The van der Waals surface area contributed by atoms with Crippen LogP contribution in [0.15, 0.2) is 42.5 Å². The minimum Gasteiger partial charge on any atom is -0.508 e. The molecule has 2 aromatic rings. The molecule has 2 N–H and O–H groups in total. The topological polar surface area (TPSA) is 32.3 Å². The van der Waals surface area contributed by atoms with Gasteiger partial charge in [-0.2, -0.15) is 0 Å². The van der Waals surface area contributed by atoms with Crippen LogP contribution in [-0.2, 0) is 0 Å². The highest BCUT2D eigenvalue weighted by Crippen LogP contribution is 2.27. The Hall–Kier alpha value is -1.87. The van der Waals surface area contributed by atoms with Gasteiger partial charge < -0.3 is 10.4 Å². The van der Waals surface area contributed by atoms with E-state index in [-0.39, 0.29) is 23.7 Å². The van der Waals surface area contributed by atoms with E-state index in [1.54, 1.807) is 12.1 Å². The maximum atomic E-state index is 13.2. The molecule has 2 nitrogen and oxygen atoms in total. The van der Waals surface area contributed by atoms with E-state index in [9.17, 15) is 9.50 Å². The van der Waals surface area contributed by atoms with Crippen LogP contribution in [0, 0.1) is 12.7 Å². The van der Waals surface area contributed by atoms with Crippen LogP contribution >= 0.6 is 0 Å². The summed E-state index contributed by atoms with van der Waals surface area (Å²) in [4.78, 5) is 0. The monoisotopic (exact) mass is 273 g/mol. The van der Waals surface area contributed by atoms with Crippen LogP contribution in [0.25, 0.3) is 0 Å². The molecule has 0 aliphatic carbocycles. The molecule has 0 aliphatic heterocycles. The predicted molar refractivity (Wildman–Crippen MR) is 79.2 cm³/mol. The second-order valence-corrected chi connectivity index (χ2v) is 5.23. The van der Waals surface area contributed by atoms with E-state index in [4.69, 9.17) is 0 Å². The highest BCUT2D eigenvalue weighted by Gasteiger charge is 2.14. The fraction of sp³-hybridized carbons (Fsp3) is 0.294. The Bertz CT molecular complexity index is 597. The number of rotatable bonds is 4. The van der Waals surface area contributed by atoms with E-state index < -0.39 is 0 Å². The van der Waals surface area contributed by atoms with Crippen molar-refractivity contribution >= 4 is 0 Å². The first-order valence-electron chi connectivity index (χ1n) is 6.78. The number of phenols is 1. The molecule has 3 heteroatoms. The zero-order valence-corrected chi connectivity index (χ0v) is 12.0. The molecule has 1 unspecified atom stereocenters. The molecule has 20 heavy (non-hydrogen) atoms. The number of nitrogens with one attached hydrogen (secondary N) is 1. The number of benzene rings is 2. The van der Waals surface area contributed by atoms with Crippen LogP contribution in [0.2, 0.25) is 0 Å². The number of hydrogen-bond donors (Lipinski definition) is 2. The first kappa shape index (κ1) is 14.5. The molecular weight excluding hydrogens is 253 g/mol. The van der Waals surface area contributed by atoms with Gasteiger partial charge in [0.15, 0.2) is 0 Å². The number of phenolic OH excluding ortho intramolecular Hbond substituents is 1. The largest absolute Gasteiger partial charge is 0.508 e. The van der Waals surface area contributed by atoms with Gasteiger partial charge in [-0.1, -0.05) is 29.8 Å². The van der Waals surface area contributed by atoms with Crippen molar-refractivity contribution in [2.75, 3.05) is 0 Å². The van der Waals surface area contributed by atoms with E-state index in [1.165, 1.54) is 12.1 Å². The van der Waals surface area contributed by atoms with Crippen LogP contribution in [-0.4, -0.2) is 5.11 Å². The Morgan fingerprint density at radius 3 is 2.50 bits per heavy atom. The van der Waals surface area contributed by atoms with Crippen molar-refractivity contribution in [2.24, 2.45) is 0 Å². The molecule has 0 radical (unpaired) electrons. The van der Waals surface area contributed by atoms with Crippen molar-refractivity contribution in [3.63, 3.8) is 0 Å². The van der Waals surface area contributed by atoms with E-state index >= 15 is 0 Å². The summed E-state index contributed by atoms with van der Waals surface area (Å²) in [5.41, 5.74) is 2.85. The fourth-order valence-corrected chi connectivity index (χ4v) is 2.36. The SMILES string of the molecule is Cc1ccc(O)c(C(C)N[C@H](C)c2cccc(F)c2)c1. The van der Waals surface area contributed by atoms with Crippen LogP contribution in [0.1, 0.15) is 42.6 Å². The van der Waals surface area contributed by atoms with E-state index in [0.717, 1.165) is 16.7 Å². The highest BCUT2D eigenvalue weighted by atomic mass is 19.1. The van der Waals surface area contributed by atoms with Gasteiger partial charge in [0.1, 0.15) is 11.6 Å². The first-order chi connectivity index (χ1) is 9.47. The van der Waals surface area contributed by atoms with Crippen molar-refractivity contribution in [1.82, 2.24) is 5.32 Å². The van der Waals surface area contributed by atoms with E-state index in [2.05, 4.69) is 5.32 Å². The predicted octanol–water partition coefficient (Wildman–Crippen LogP) is 4.25.